The molecule has 1 atom stereocenters. The summed E-state index contributed by atoms with van der Waals surface area (Å²) in [4.78, 5) is 0. The van der Waals surface area contributed by atoms with Crippen molar-refractivity contribution in [2.45, 2.75) is 111 Å². The molecule has 0 amide bonds. The lowest BCUT2D eigenvalue weighted by Gasteiger charge is -2.34. The second-order valence-corrected chi connectivity index (χ2v) is 9.61. The first-order chi connectivity index (χ1) is 13.7. The van der Waals surface area contributed by atoms with Gasteiger partial charge >= 0.3 is 8.60 Å². The van der Waals surface area contributed by atoms with Crippen LogP contribution in [-0.4, -0.2) is 13.2 Å². The van der Waals surface area contributed by atoms with Crippen LogP contribution < -0.4 is 0 Å². The highest BCUT2D eigenvalue weighted by Gasteiger charge is 2.31. The van der Waals surface area contributed by atoms with Crippen molar-refractivity contribution in [2.75, 3.05) is 13.2 Å². The second-order valence-electron chi connectivity index (χ2n) is 8.47. The van der Waals surface area contributed by atoms with Crippen LogP contribution in [0.15, 0.2) is 23.5 Å². The number of unbranched alkanes of at least 4 members (excludes halogenated alkanes) is 7. The van der Waals surface area contributed by atoms with Gasteiger partial charge < -0.3 is 13.6 Å². The van der Waals surface area contributed by atoms with Crippen molar-refractivity contribution in [3.63, 3.8) is 0 Å². The number of hydrogen-bond donors (Lipinski definition) is 0. The Morgan fingerprint density at radius 2 is 1.61 bits per heavy atom. The average molecular weight is 411 g/mol. The standard InChI is InChI=1S/C24H43O3P/c1-4-7-9-10-11-12-13-15-22-16-18-24(6-3,17-8-5-2)21-23(22)27-28-25-19-14-20-26-28/h16,21H,4-15,17-20H2,1-3H3. The Balaban J connectivity index is 1.93. The topological polar surface area (TPSA) is 27.7 Å². The van der Waals surface area contributed by atoms with Crippen molar-refractivity contribution in [1.29, 1.82) is 0 Å². The van der Waals surface area contributed by atoms with Gasteiger partial charge in [0.25, 0.3) is 0 Å². The van der Waals surface area contributed by atoms with E-state index < -0.39 is 8.60 Å². The predicted molar refractivity (Wildman–Crippen MR) is 120 cm³/mol. The molecule has 1 unspecified atom stereocenters. The molecule has 0 aromatic rings. The third-order valence-electron chi connectivity index (χ3n) is 6.15. The first kappa shape index (κ1) is 23.9. The van der Waals surface area contributed by atoms with Crippen molar-refractivity contribution in [3.8, 4) is 0 Å². The van der Waals surface area contributed by atoms with Gasteiger partial charge in [-0.3, -0.25) is 0 Å². The van der Waals surface area contributed by atoms with E-state index in [1.165, 1.54) is 76.2 Å². The Labute approximate surface area is 175 Å². The van der Waals surface area contributed by atoms with E-state index in [0.29, 0.717) is 0 Å². The van der Waals surface area contributed by atoms with Gasteiger partial charge in [0.2, 0.25) is 0 Å². The maximum absolute atomic E-state index is 6.31. The number of allylic oxidation sites excluding steroid dienone is 3. The number of rotatable bonds is 14. The summed E-state index contributed by atoms with van der Waals surface area (Å²) in [5.74, 6) is 1.06. The fourth-order valence-electron chi connectivity index (χ4n) is 4.07. The summed E-state index contributed by atoms with van der Waals surface area (Å²) < 4.78 is 17.8. The molecule has 0 bridgehead atoms. The SMILES string of the molecule is CCCCCCCCCC1=CCC(CC)(CCCC)C=C1OP1OCCCO1. The lowest BCUT2D eigenvalue weighted by molar-refractivity contribution is 0.132. The minimum atomic E-state index is -1.22. The van der Waals surface area contributed by atoms with Crippen LogP contribution >= 0.6 is 8.60 Å². The normalized spacial score (nSPS) is 23.4. The second kappa shape index (κ2) is 13.8. The summed E-state index contributed by atoms with van der Waals surface area (Å²) in [6.45, 7) is 8.39. The van der Waals surface area contributed by atoms with E-state index in [2.05, 4.69) is 32.9 Å². The molecule has 1 fully saturated rings. The smallest absolute Gasteiger partial charge is 0.397 e. The molecule has 162 valence electrons. The molecular formula is C24H43O3P. The van der Waals surface area contributed by atoms with Crippen LogP contribution in [0.25, 0.3) is 0 Å². The van der Waals surface area contributed by atoms with E-state index in [0.717, 1.165) is 38.2 Å². The highest BCUT2D eigenvalue weighted by molar-refractivity contribution is 7.41. The summed E-state index contributed by atoms with van der Waals surface area (Å²) >= 11 is 0. The molecule has 0 radical (unpaired) electrons. The molecule has 1 aliphatic carbocycles. The zero-order valence-electron chi connectivity index (χ0n) is 18.6. The quantitative estimate of drug-likeness (QED) is 0.212. The Bertz CT molecular complexity index is 482. The minimum absolute atomic E-state index is 0.250. The zero-order chi connectivity index (χ0) is 20.1. The van der Waals surface area contributed by atoms with Gasteiger partial charge in [0, 0.05) is 0 Å². The van der Waals surface area contributed by atoms with Crippen LogP contribution in [0.5, 0.6) is 0 Å². The molecule has 1 saturated heterocycles. The summed E-state index contributed by atoms with van der Waals surface area (Å²) in [7, 11) is -1.22. The van der Waals surface area contributed by atoms with Crippen LogP contribution in [-0.2, 0) is 13.6 Å². The van der Waals surface area contributed by atoms with Crippen LogP contribution in [0.3, 0.4) is 0 Å². The fraction of sp³-hybridized carbons (Fsp3) is 0.833. The molecule has 0 N–H and O–H groups in total. The van der Waals surface area contributed by atoms with Crippen molar-refractivity contribution in [3.05, 3.63) is 23.5 Å². The first-order valence-electron chi connectivity index (χ1n) is 11.9. The van der Waals surface area contributed by atoms with Crippen LogP contribution in [0, 0.1) is 5.41 Å². The highest BCUT2D eigenvalue weighted by atomic mass is 31.2. The molecule has 2 aliphatic rings. The maximum Gasteiger partial charge on any atom is 0.397 e. The van der Waals surface area contributed by atoms with Crippen molar-refractivity contribution in [1.82, 2.24) is 0 Å². The van der Waals surface area contributed by atoms with E-state index in [9.17, 15) is 0 Å². The summed E-state index contributed by atoms with van der Waals surface area (Å²) in [5, 5.41) is 0. The van der Waals surface area contributed by atoms with Gasteiger partial charge in [0.15, 0.2) is 0 Å². The van der Waals surface area contributed by atoms with Gasteiger partial charge in [0.05, 0.1) is 13.2 Å². The Morgan fingerprint density at radius 3 is 2.29 bits per heavy atom. The van der Waals surface area contributed by atoms with Gasteiger partial charge in [-0.15, -0.1) is 0 Å². The van der Waals surface area contributed by atoms with E-state index in [1.807, 2.05) is 0 Å². The molecule has 0 spiro atoms. The number of hydrogen-bond acceptors (Lipinski definition) is 3. The molecule has 4 heteroatoms. The van der Waals surface area contributed by atoms with Gasteiger partial charge in [-0.25, -0.2) is 0 Å². The molecule has 3 nitrogen and oxygen atoms in total. The summed E-state index contributed by atoms with van der Waals surface area (Å²) in [6, 6.07) is 0. The lowest BCUT2D eigenvalue weighted by Crippen LogP contribution is -2.21. The Kier molecular flexibility index (Phi) is 11.8. The van der Waals surface area contributed by atoms with Gasteiger partial charge in [-0.2, -0.15) is 0 Å². The van der Waals surface area contributed by atoms with Gasteiger partial charge in [-0.1, -0.05) is 78.2 Å². The van der Waals surface area contributed by atoms with Crippen molar-refractivity contribution >= 4 is 8.60 Å². The molecule has 2 rings (SSSR count). The van der Waals surface area contributed by atoms with Gasteiger partial charge in [0.1, 0.15) is 5.76 Å². The summed E-state index contributed by atoms with van der Waals surface area (Å²) in [5.41, 5.74) is 1.63. The molecule has 28 heavy (non-hydrogen) atoms. The van der Waals surface area contributed by atoms with E-state index in [1.54, 1.807) is 0 Å². The van der Waals surface area contributed by atoms with E-state index in [-0.39, 0.29) is 5.41 Å². The first-order valence-corrected chi connectivity index (χ1v) is 13.0. The van der Waals surface area contributed by atoms with Crippen molar-refractivity contribution < 1.29 is 13.6 Å². The minimum Gasteiger partial charge on any atom is -0.427 e. The third-order valence-corrected chi connectivity index (χ3v) is 7.28. The molecule has 0 aromatic heterocycles. The van der Waals surface area contributed by atoms with E-state index >= 15 is 0 Å². The van der Waals surface area contributed by atoms with Crippen LogP contribution in [0.1, 0.15) is 111 Å². The summed E-state index contributed by atoms with van der Waals surface area (Å²) in [6.07, 6.45) is 22.5. The monoisotopic (exact) mass is 410 g/mol. The maximum atomic E-state index is 6.31. The molecule has 0 aromatic carbocycles. The highest BCUT2D eigenvalue weighted by Crippen LogP contribution is 2.50. The predicted octanol–water partition coefficient (Wildman–Crippen LogP) is 8.61. The Morgan fingerprint density at radius 1 is 0.929 bits per heavy atom. The molecule has 1 heterocycles. The average Bonchev–Trinajstić information content (AvgIpc) is 2.73. The Hall–Kier alpha value is -0.370. The molecule has 1 aliphatic heterocycles. The largest absolute Gasteiger partial charge is 0.427 e. The van der Waals surface area contributed by atoms with E-state index in [4.69, 9.17) is 13.6 Å². The fourth-order valence-corrected chi connectivity index (χ4v) is 5.14. The van der Waals surface area contributed by atoms with Crippen molar-refractivity contribution in [2.24, 2.45) is 5.41 Å². The van der Waals surface area contributed by atoms with Crippen LogP contribution in [0.2, 0.25) is 0 Å². The molecular weight excluding hydrogens is 367 g/mol. The lowest BCUT2D eigenvalue weighted by atomic mass is 9.73. The van der Waals surface area contributed by atoms with Gasteiger partial charge in [-0.05, 0) is 55.6 Å². The van der Waals surface area contributed by atoms with Crippen LogP contribution in [0.4, 0.5) is 0 Å². The molecule has 0 saturated carbocycles. The third kappa shape index (κ3) is 8.17. The zero-order valence-corrected chi connectivity index (χ0v) is 19.5.